The van der Waals surface area contributed by atoms with Gasteiger partial charge in [0.05, 0.1) is 30.6 Å². The van der Waals surface area contributed by atoms with Crippen molar-refractivity contribution >= 4 is 39.9 Å². The Labute approximate surface area is 184 Å². The van der Waals surface area contributed by atoms with Crippen LogP contribution in [-0.4, -0.2) is 66.3 Å². The molecule has 0 spiro atoms. The van der Waals surface area contributed by atoms with Gasteiger partial charge in [0.25, 0.3) is 5.91 Å². The van der Waals surface area contributed by atoms with E-state index in [-0.39, 0.29) is 29.8 Å². The van der Waals surface area contributed by atoms with Gasteiger partial charge in [0, 0.05) is 20.2 Å². The zero-order valence-corrected chi connectivity index (χ0v) is 19.0. The fraction of sp³-hybridized carbons (Fsp3) is 0.579. The number of nitrogens with one attached hydrogen (secondary N) is 2. The van der Waals surface area contributed by atoms with Crippen molar-refractivity contribution in [3.05, 3.63) is 27.2 Å². The fourth-order valence-corrected chi connectivity index (χ4v) is 4.80. The topological polar surface area (TPSA) is 109 Å². The Morgan fingerprint density at radius 1 is 1.30 bits per heavy atom. The first-order chi connectivity index (χ1) is 14.4. The molecule has 3 heterocycles. The summed E-state index contributed by atoms with van der Waals surface area (Å²) in [5, 5.41) is 4.07. The van der Waals surface area contributed by atoms with E-state index in [4.69, 9.17) is 21.1 Å². The predicted molar refractivity (Wildman–Crippen MR) is 115 cm³/mol. The summed E-state index contributed by atoms with van der Waals surface area (Å²) in [6.07, 6.45) is 1.73. The molecule has 3 rings (SSSR count). The molecule has 0 aromatic carbocycles. The van der Waals surface area contributed by atoms with Crippen LogP contribution in [0.5, 0.6) is 0 Å². The molecule has 2 aromatic rings. The lowest BCUT2D eigenvalue weighted by atomic mass is 10.0. The van der Waals surface area contributed by atoms with Gasteiger partial charge in [-0.1, -0.05) is 36.8 Å². The Morgan fingerprint density at radius 2 is 2.07 bits per heavy atom. The first kappa shape index (κ1) is 22.5. The van der Waals surface area contributed by atoms with E-state index in [0.29, 0.717) is 42.4 Å². The van der Waals surface area contributed by atoms with Gasteiger partial charge < -0.3 is 24.7 Å². The van der Waals surface area contributed by atoms with Crippen molar-refractivity contribution in [1.82, 2.24) is 20.3 Å². The second-order valence-corrected chi connectivity index (χ2v) is 8.25. The molecule has 0 radical (unpaired) electrons. The average molecular weight is 456 g/mol. The maximum absolute atomic E-state index is 12.6. The number of piperidine rings is 1. The molecule has 1 amide bonds. The van der Waals surface area contributed by atoms with Crippen LogP contribution in [0.2, 0.25) is 5.15 Å². The Bertz CT molecular complexity index is 915. The molecule has 2 N–H and O–H groups in total. The quantitative estimate of drug-likeness (QED) is 0.617. The van der Waals surface area contributed by atoms with E-state index in [0.717, 1.165) is 16.5 Å². The first-order valence-electron chi connectivity index (χ1n) is 9.82. The van der Waals surface area contributed by atoms with Gasteiger partial charge in [-0.15, -0.1) is 0 Å². The number of nitrogens with zero attached hydrogens (tertiary/aromatic N) is 3. The third-order valence-corrected chi connectivity index (χ3v) is 6.59. The SMILES string of the molecule is CCc1nc(N2CCC(NC(=O)c3nc(Cl)c(CC)[nH]3)C(OC)C2)sc1C(=O)OC. The monoisotopic (exact) mass is 455 g/mol. The standard InChI is InChI=1S/C19H26ClN5O4S/c1-5-10-14(18(27)29-4)30-19(23-10)25-8-7-12(13(9-25)28-3)22-17(26)16-21-11(6-2)15(20)24-16/h12-13H,5-9H2,1-4H3,(H,21,24)(H,22,26). The highest BCUT2D eigenvalue weighted by molar-refractivity contribution is 7.17. The van der Waals surface area contributed by atoms with Crippen LogP contribution >= 0.6 is 22.9 Å². The van der Waals surface area contributed by atoms with E-state index in [1.165, 1.54) is 18.4 Å². The molecule has 11 heteroatoms. The lowest BCUT2D eigenvalue weighted by Crippen LogP contribution is -2.55. The maximum Gasteiger partial charge on any atom is 0.350 e. The number of aromatic amines is 1. The maximum atomic E-state index is 12.6. The normalized spacial score (nSPS) is 19.0. The minimum atomic E-state index is -0.371. The number of aromatic nitrogens is 3. The largest absolute Gasteiger partial charge is 0.465 e. The lowest BCUT2D eigenvalue weighted by molar-refractivity contribution is 0.0538. The number of halogens is 1. The summed E-state index contributed by atoms with van der Waals surface area (Å²) in [6.45, 7) is 5.10. The predicted octanol–water partition coefficient (Wildman–Crippen LogP) is 2.45. The Hall–Kier alpha value is -2.17. The number of hydrogen-bond acceptors (Lipinski definition) is 8. The van der Waals surface area contributed by atoms with Crippen molar-refractivity contribution in [2.24, 2.45) is 0 Å². The third kappa shape index (κ3) is 4.60. The summed E-state index contributed by atoms with van der Waals surface area (Å²) < 4.78 is 10.5. The molecule has 164 valence electrons. The summed E-state index contributed by atoms with van der Waals surface area (Å²) in [5.41, 5.74) is 1.46. The van der Waals surface area contributed by atoms with Crippen LogP contribution in [0.15, 0.2) is 0 Å². The highest BCUT2D eigenvalue weighted by atomic mass is 35.5. The van der Waals surface area contributed by atoms with Gasteiger partial charge in [-0.2, -0.15) is 0 Å². The molecule has 2 unspecified atom stereocenters. The number of carbonyl (C=O) groups excluding carboxylic acids is 2. The molecule has 1 fully saturated rings. The first-order valence-corrected chi connectivity index (χ1v) is 11.0. The summed E-state index contributed by atoms with van der Waals surface area (Å²) in [5.74, 6) is -0.485. The number of esters is 1. The van der Waals surface area contributed by atoms with Crippen LogP contribution in [-0.2, 0) is 22.3 Å². The van der Waals surface area contributed by atoms with Crippen LogP contribution in [0.4, 0.5) is 5.13 Å². The summed E-state index contributed by atoms with van der Waals surface area (Å²) >= 11 is 7.36. The molecule has 1 saturated heterocycles. The van der Waals surface area contributed by atoms with Gasteiger partial charge in [-0.25, -0.2) is 14.8 Å². The minimum Gasteiger partial charge on any atom is -0.465 e. The van der Waals surface area contributed by atoms with E-state index in [9.17, 15) is 9.59 Å². The van der Waals surface area contributed by atoms with E-state index in [1.807, 2.05) is 13.8 Å². The number of hydrogen-bond donors (Lipinski definition) is 2. The summed E-state index contributed by atoms with van der Waals surface area (Å²) in [4.78, 5) is 38.9. The number of carbonyl (C=O) groups is 2. The van der Waals surface area contributed by atoms with Crippen molar-refractivity contribution in [2.45, 2.75) is 45.3 Å². The number of rotatable bonds is 7. The lowest BCUT2D eigenvalue weighted by Gasteiger charge is -2.37. The number of methoxy groups -OCH3 is 2. The smallest absolute Gasteiger partial charge is 0.350 e. The van der Waals surface area contributed by atoms with Gasteiger partial charge in [0.2, 0.25) is 0 Å². The number of aryl methyl sites for hydroxylation is 2. The highest BCUT2D eigenvalue weighted by Gasteiger charge is 2.33. The van der Waals surface area contributed by atoms with Crippen molar-refractivity contribution in [2.75, 3.05) is 32.2 Å². The van der Waals surface area contributed by atoms with Crippen molar-refractivity contribution in [1.29, 1.82) is 0 Å². The summed E-state index contributed by atoms with van der Waals surface area (Å²) in [7, 11) is 2.98. The van der Waals surface area contributed by atoms with Crippen molar-refractivity contribution in [3.63, 3.8) is 0 Å². The Kier molecular flexibility index (Phi) is 7.32. The Morgan fingerprint density at radius 3 is 2.67 bits per heavy atom. The molecule has 30 heavy (non-hydrogen) atoms. The number of imidazole rings is 1. The van der Waals surface area contributed by atoms with E-state index >= 15 is 0 Å². The van der Waals surface area contributed by atoms with E-state index in [2.05, 4.69) is 25.2 Å². The average Bonchev–Trinajstić information content (AvgIpc) is 3.36. The second-order valence-electron chi connectivity index (χ2n) is 6.91. The highest BCUT2D eigenvalue weighted by Crippen LogP contribution is 2.30. The number of thiazole rings is 1. The molecule has 2 atom stereocenters. The molecule has 9 nitrogen and oxygen atoms in total. The zero-order chi connectivity index (χ0) is 21.8. The number of amides is 1. The molecule has 1 aliphatic heterocycles. The molecule has 0 saturated carbocycles. The number of anilines is 1. The van der Waals surface area contributed by atoms with Crippen LogP contribution in [0.1, 0.15) is 51.9 Å². The van der Waals surface area contributed by atoms with E-state index in [1.54, 1.807) is 7.11 Å². The van der Waals surface area contributed by atoms with Gasteiger partial charge in [0.1, 0.15) is 4.88 Å². The molecule has 0 aliphatic carbocycles. The van der Waals surface area contributed by atoms with Crippen LogP contribution in [0, 0.1) is 0 Å². The minimum absolute atomic E-state index is 0.182. The van der Waals surface area contributed by atoms with Crippen LogP contribution < -0.4 is 10.2 Å². The molecule has 2 aromatic heterocycles. The molecular formula is C19H26ClN5O4S. The van der Waals surface area contributed by atoms with Crippen molar-refractivity contribution < 1.29 is 19.1 Å². The van der Waals surface area contributed by atoms with Gasteiger partial charge in [-0.3, -0.25) is 4.79 Å². The van der Waals surface area contributed by atoms with Crippen LogP contribution in [0.3, 0.4) is 0 Å². The summed E-state index contributed by atoms with van der Waals surface area (Å²) in [6, 6.07) is -0.182. The van der Waals surface area contributed by atoms with Crippen molar-refractivity contribution in [3.8, 4) is 0 Å². The zero-order valence-electron chi connectivity index (χ0n) is 17.5. The molecule has 0 bridgehead atoms. The third-order valence-electron chi connectivity index (χ3n) is 5.14. The number of ether oxygens (including phenoxy) is 2. The number of H-pyrrole nitrogens is 1. The molecule has 1 aliphatic rings. The van der Waals surface area contributed by atoms with Gasteiger partial charge >= 0.3 is 5.97 Å². The molecular weight excluding hydrogens is 430 g/mol. The fourth-order valence-electron chi connectivity index (χ4n) is 3.43. The van der Waals surface area contributed by atoms with Gasteiger partial charge in [-0.05, 0) is 19.3 Å². The van der Waals surface area contributed by atoms with E-state index < -0.39 is 0 Å². The van der Waals surface area contributed by atoms with Crippen LogP contribution in [0.25, 0.3) is 0 Å². The Balaban J connectivity index is 1.69. The second kappa shape index (κ2) is 9.76. The van der Waals surface area contributed by atoms with Gasteiger partial charge in [0.15, 0.2) is 16.1 Å².